The van der Waals surface area contributed by atoms with Crippen LogP contribution in [-0.2, 0) is 0 Å². The predicted octanol–water partition coefficient (Wildman–Crippen LogP) is -2.05. The minimum atomic E-state index is -0.597. The second-order valence-electron chi connectivity index (χ2n) is 2.84. The number of nitrogens with zero attached hydrogens (tertiary/aromatic N) is 6. The first-order chi connectivity index (χ1) is 8.15. The zero-order valence-corrected chi connectivity index (χ0v) is 9.06. The molecule has 2 N–H and O–H groups in total. The summed E-state index contributed by atoms with van der Waals surface area (Å²) in [5.74, 6) is 5.27. The summed E-state index contributed by atoms with van der Waals surface area (Å²) in [5, 5.41) is 3.71. The molecule has 17 heavy (non-hydrogen) atoms. The van der Waals surface area contributed by atoms with Crippen molar-refractivity contribution in [3.8, 4) is 18.0 Å². The Kier molecular flexibility index (Phi) is 2.60. The third kappa shape index (κ3) is 1.87. The fourth-order valence-electron chi connectivity index (χ4n) is 1.06. The number of ether oxygens (including phenoxy) is 2. The van der Waals surface area contributed by atoms with Crippen molar-refractivity contribution in [2.75, 3.05) is 20.1 Å². The summed E-state index contributed by atoms with van der Waals surface area (Å²) in [6.07, 6.45) is 1.13. The van der Waals surface area contributed by atoms with Crippen LogP contribution in [0.2, 0.25) is 0 Å². The fraction of sp³-hybridized carbons (Fsp3) is 0.286. The Morgan fingerprint density at radius 2 is 1.76 bits per heavy atom. The molecular weight excluding hydrogens is 230 g/mol. The van der Waals surface area contributed by atoms with Crippen molar-refractivity contribution in [2.45, 2.75) is 0 Å². The quantitative estimate of drug-likeness (QED) is 0.607. The van der Waals surface area contributed by atoms with Crippen molar-refractivity contribution in [1.29, 1.82) is 0 Å². The lowest BCUT2D eigenvalue weighted by molar-refractivity contribution is 0.338. The largest absolute Gasteiger partial charge is 0.467 e. The van der Waals surface area contributed by atoms with E-state index in [0.717, 1.165) is 15.7 Å². The summed E-state index contributed by atoms with van der Waals surface area (Å²) in [6.45, 7) is 0. The highest BCUT2D eigenvalue weighted by atomic mass is 16.5. The Morgan fingerprint density at radius 3 is 2.18 bits per heavy atom. The van der Waals surface area contributed by atoms with Crippen molar-refractivity contribution < 1.29 is 9.47 Å². The van der Waals surface area contributed by atoms with Gasteiger partial charge in [-0.3, -0.25) is 0 Å². The van der Waals surface area contributed by atoms with E-state index in [-0.39, 0.29) is 18.0 Å². The Hall–Kier alpha value is -2.65. The molecule has 0 amide bonds. The van der Waals surface area contributed by atoms with E-state index in [1.807, 2.05) is 0 Å². The minimum absolute atomic E-state index is 0.00493. The summed E-state index contributed by atoms with van der Waals surface area (Å²) in [6, 6.07) is 0.00985. The lowest BCUT2D eigenvalue weighted by atomic mass is 10.8. The molecule has 0 saturated carbocycles. The molecule has 0 saturated heterocycles. The SMILES string of the molecule is COc1nc(OC)nc(-n2ncn(N)c2=O)n1. The summed E-state index contributed by atoms with van der Waals surface area (Å²) in [5.41, 5.74) is -0.597. The van der Waals surface area contributed by atoms with Crippen LogP contribution in [0.15, 0.2) is 11.1 Å². The van der Waals surface area contributed by atoms with Gasteiger partial charge in [0.1, 0.15) is 6.33 Å². The number of rotatable bonds is 3. The highest BCUT2D eigenvalue weighted by Gasteiger charge is 2.12. The van der Waals surface area contributed by atoms with Gasteiger partial charge in [0.25, 0.3) is 5.95 Å². The van der Waals surface area contributed by atoms with Crippen LogP contribution in [0.5, 0.6) is 12.0 Å². The normalized spacial score (nSPS) is 10.2. The highest BCUT2D eigenvalue weighted by Crippen LogP contribution is 2.09. The van der Waals surface area contributed by atoms with Crippen molar-refractivity contribution in [2.24, 2.45) is 0 Å². The molecule has 90 valence electrons. The monoisotopic (exact) mass is 239 g/mol. The molecule has 0 radical (unpaired) electrons. The summed E-state index contributed by atoms with van der Waals surface area (Å²) >= 11 is 0. The van der Waals surface area contributed by atoms with E-state index < -0.39 is 5.69 Å². The maximum atomic E-state index is 11.5. The molecule has 0 bridgehead atoms. The summed E-state index contributed by atoms with van der Waals surface area (Å²) in [7, 11) is 2.76. The number of nitrogen functional groups attached to an aromatic ring is 1. The van der Waals surface area contributed by atoms with Crippen LogP contribution in [0.4, 0.5) is 0 Å². The van der Waals surface area contributed by atoms with Gasteiger partial charge in [-0.05, 0) is 0 Å². The molecule has 0 unspecified atom stereocenters. The maximum absolute atomic E-state index is 11.5. The third-order valence-corrected chi connectivity index (χ3v) is 1.83. The second kappa shape index (κ2) is 4.08. The number of hydrogen-bond donors (Lipinski definition) is 1. The van der Waals surface area contributed by atoms with E-state index in [1.165, 1.54) is 14.2 Å². The molecule has 0 fully saturated rings. The van der Waals surface area contributed by atoms with E-state index in [9.17, 15) is 4.79 Å². The second-order valence-corrected chi connectivity index (χ2v) is 2.84. The molecule has 2 aromatic heterocycles. The zero-order chi connectivity index (χ0) is 12.4. The van der Waals surface area contributed by atoms with Gasteiger partial charge in [-0.15, -0.1) is 14.8 Å². The first kappa shape index (κ1) is 10.9. The highest BCUT2D eigenvalue weighted by molar-refractivity contribution is 5.15. The van der Waals surface area contributed by atoms with Crippen LogP contribution in [0.1, 0.15) is 0 Å². The van der Waals surface area contributed by atoms with Gasteiger partial charge < -0.3 is 15.3 Å². The van der Waals surface area contributed by atoms with Gasteiger partial charge in [0, 0.05) is 0 Å². The summed E-state index contributed by atoms with van der Waals surface area (Å²) in [4.78, 5) is 23.0. The van der Waals surface area contributed by atoms with Gasteiger partial charge in [0.2, 0.25) is 0 Å². The Bertz CT molecular complexity index is 567. The molecule has 0 aliphatic heterocycles. The molecule has 10 nitrogen and oxygen atoms in total. The van der Waals surface area contributed by atoms with Gasteiger partial charge >= 0.3 is 17.7 Å². The molecule has 0 aliphatic rings. The first-order valence-electron chi connectivity index (χ1n) is 4.42. The molecule has 2 rings (SSSR count). The van der Waals surface area contributed by atoms with E-state index in [4.69, 9.17) is 15.3 Å². The summed E-state index contributed by atoms with van der Waals surface area (Å²) < 4.78 is 11.4. The first-order valence-corrected chi connectivity index (χ1v) is 4.42. The molecule has 0 spiro atoms. The van der Waals surface area contributed by atoms with E-state index >= 15 is 0 Å². The van der Waals surface area contributed by atoms with Crippen LogP contribution < -0.4 is 21.0 Å². The minimum Gasteiger partial charge on any atom is -0.467 e. The molecule has 0 aromatic carbocycles. The van der Waals surface area contributed by atoms with Crippen molar-refractivity contribution in [1.82, 2.24) is 29.4 Å². The van der Waals surface area contributed by atoms with Crippen LogP contribution in [-0.4, -0.2) is 43.6 Å². The topological polar surface area (TPSA) is 123 Å². The molecule has 0 atom stereocenters. The zero-order valence-electron chi connectivity index (χ0n) is 9.06. The van der Waals surface area contributed by atoms with Crippen LogP contribution >= 0.6 is 0 Å². The van der Waals surface area contributed by atoms with E-state index in [0.29, 0.717) is 0 Å². The lowest BCUT2D eigenvalue weighted by Gasteiger charge is -2.03. The van der Waals surface area contributed by atoms with Crippen molar-refractivity contribution >= 4 is 0 Å². The third-order valence-electron chi connectivity index (χ3n) is 1.83. The lowest BCUT2D eigenvalue weighted by Crippen LogP contribution is -2.29. The van der Waals surface area contributed by atoms with Crippen molar-refractivity contribution in [3.63, 3.8) is 0 Å². The van der Waals surface area contributed by atoms with Gasteiger partial charge in [-0.25, -0.2) is 4.79 Å². The number of methoxy groups -OCH3 is 2. The Balaban J connectivity index is 2.58. The number of nitrogens with two attached hydrogens (primary N) is 1. The van der Waals surface area contributed by atoms with Crippen molar-refractivity contribution in [3.05, 3.63) is 16.8 Å². The van der Waals surface area contributed by atoms with Gasteiger partial charge in [-0.1, -0.05) is 0 Å². The van der Waals surface area contributed by atoms with E-state index in [2.05, 4.69) is 20.1 Å². The van der Waals surface area contributed by atoms with Gasteiger partial charge in [-0.2, -0.15) is 14.6 Å². The predicted molar refractivity (Wildman–Crippen MR) is 54.5 cm³/mol. The van der Waals surface area contributed by atoms with Gasteiger partial charge in [0.05, 0.1) is 14.2 Å². The Morgan fingerprint density at radius 1 is 1.18 bits per heavy atom. The number of aromatic nitrogens is 6. The molecule has 0 aliphatic carbocycles. The van der Waals surface area contributed by atoms with E-state index in [1.54, 1.807) is 0 Å². The molecule has 2 aromatic rings. The van der Waals surface area contributed by atoms with Gasteiger partial charge in [0.15, 0.2) is 0 Å². The number of hydrogen-bond acceptors (Lipinski definition) is 8. The van der Waals surface area contributed by atoms with Crippen LogP contribution in [0.3, 0.4) is 0 Å². The van der Waals surface area contributed by atoms with Crippen LogP contribution in [0.25, 0.3) is 5.95 Å². The Labute approximate surface area is 94.6 Å². The van der Waals surface area contributed by atoms with Crippen LogP contribution in [0, 0.1) is 0 Å². The average molecular weight is 239 g/mol. The average Bonchev–Trinajstić information content (AvgIpc) is 2.69. The molecule has 2 heterocycles. The molecule has 10 heteroatoms. The fourth-order valence-corrected chi connectivity index (χ4v) is 1.06. The maximum Gasteiger partial charge on any atom is 0.371 e. The standard InChI is InChI=1S/C7H9N7O3/c1-16-5-10-4(11-6(12-5)17-2)14-7(15)13(8)3-9-14/h3H,8H2,1-2H3. The smallest absolute Gasteiger partial charge is 0.371 e. The molecular formula is C7H9N7O3.